The molecule has 5 rings (SSSR count). The van der Waals surface area contributed by atoms with E-state index in [9.17, 15) is 4.79 Å². The number of nitrogens with one attached hydrogen (secondary N) is 2. The average molecular weight is 573 g/mol. The number of rotatable bonds is 12. The minimum absolute atomic E-state index is 0.257. The molecule has 42 heavy (non-hydrogen) atoms. The molecule has 1 aliphatic rings. The first-order valence-electron chi connectivity index (χ1n) is 14.2. The number of hydrogen-bond donors (Lipinski definition) is 3. The smallest absolute Gasteiger partial charge is 0.255 e. The summed E-state index contributed by atoms with van der Waals surface area (Å²) >= 11 is 0. The number of para-hydroxylation sites is 1. The summed E-state index contributed by atoms with van der Waals surface area (Å²) in [5.74, 6) is 0.679. The zero-order chi connectivity index (χ0) is 29.8. The molecular formula is C31H40N8O3. The first-order chi connectivity index (χ1) is 20.3. The Morgan fingerprint density at radius 1 is 1.17 bits per heavy atom. The van der Waals surface area contributed by atoms with Crippen molar-refractivity contribution in [2.45, 2.75) is 19.4 Å². The van der Waals surface area contributed by atoms with Gasteiger partial charge in [-0.1, -0.05) is 18.2 Å². The van der Waals surface area contributed by atoms with E-state index < -0.39 is 0 Å². The summed E-state index contributed by atoms with van der Waals surface area (Å²) in [6, 6.07) is 10.1. The highest BCUT2D eigenvalue weighted by Gasteiger charge is 2.23. The van der Waals surface area contributed by atoms with Gasteiger partial charge in [0.1, 0.15) is 5.75 Å². The van der Waals surface area contributed by atoms with Crippen molar-refractivity contribution in [3.05, 3.63) is 53.9 Å². The molecule has 0 bridgehead atoms. The van der Waals surface area contributed by atoms with E-state index in [4.69, 9.17) is 20.2 Å². The maximum atomic E-state index is 13.3. The summed E-state index contributed by atoms with van der Waals surface area (Å²) in [4.78, 5) is 27.0. The number of nitrogen functional groups attached to an aromatic ring is 1. The summed E-state index contributed by atoms with van der Waals surface area (Å²) in [5.41, 5.74) is 12.9. The number of amides is 1. The van der Waals surface area contributed by atoms with Crippen molar-refractivity contribution < 1.29 is 14.3 Å². The molecule has 0 fully saturated rings. The third-order valence-corrected chi connectivity index (χ3v) is 7.60. The highest BCUT2D eigenvalue weighted by Crippen LogP contribution is 2.38. The van der Waals surface area contributed by atoms with Crippen molar-refractivity contribution in [3.8, 4) is 17.0 Å². The Balaban J connectivity index is 1.54. The summed E-state index contributed by atoms with van der Waals surface area (Å²) in [6.45, 7) is 3.41. The van der Waals surface area contributed by atoms with Gasteiger partial charge in [-0.3, -0.25) is 4.79 Å². The van der Waals surface area contributed by atoms with E-state index in [-0.39, 0.29) is 5.91 Å². The minimum atomic E-state index is -0.257. The number of nitrogens with two attached hydrogens (primary N) is 1. The van der Waals surface area contributed by atoms with Crippen molar-refractivity contribution >= 4 is 39.8 Å². The van der Waals surface area contributed by atoms with Gasteiger partial charge in [-0.2, -0.15) is 0 Å². The second-order valence-electron chi connectivity index (χ2n) is 10.8. The molecule has 0 unspecified atom stereocenters. The van der Waals surface area contributed by atoms with Crippen LogP contribution in [0.3, 0.4) is 0 Å². The molecule has 0 spiro atoms. The molecule has 11 heteroatoms. The van der Waals surface area contributed by atoms with Crippen LogP contribution in [0.4, 0.5) is 23.0 Å². The lowest BCUT2D eigenvalue weighted by Gasteiger charge is -2.24. The van der Waals surface area contributed by atoms with Crippen LogP contribution in [0.15, 0.2) is 42.7 Å². The van der Waals surface area contributed by atoms with Crippen LogP contribution in [0.2, 0.25) is 0 Å². The predicted octanol–water partition coefficient (Wildman–Crippen LogP) is 3.75. The van der Waals surface area contributed by atoms with Crippen LogP contribution in [-0.2, 0) is 17.7 Å². The van der Waals surface area contributed by atoms with E-state index in [2.05, 4.69) is 54.4 Å². The van der Waals surface area contributed by atoms with E-state index in [1.54, 1.807) is 20.4 Å². The standard InChI is InChI=1S/C31H40N8O3/c1-37(2)13-14-38(3)26-17-27(42-5)25(16-24(26)32)35-31-34-18-22(30(40)33-11-15-41-4)28(36-31)23-19-39-12-7-9-20-8-6-10-21(23)29(20)39/h6,8,10,16-19H,7,9,11-15,32H2,1-5H3,(H,33,40)(H,34,35,36). The number of anilines is 4. The maximum Gasteiger partial charge on any atom is 0.255 e. The number of benzene rings is 2. The molecule has 2 aromatic heterocycles. The van der Waals surface area contributed by atoms with Gasteiger partial charge in [0.05, 0.1) is 47.6 Å². The van der Waals surface area contributed by atoms with Crippen LogP contribution in [0.25, 0.3) is 22.2 Å². The van der Waals surface area contributed by atoms with Gasteiger partial charge in [0.25, 0.3) is 5.91 Å². The Bertz CT molecular complexity index is 1580. The van der Waals surface area contributed by atoms with Gasteiger partial charge in [-0.25, -0.2) is 9.97 Å². The predicted molar refractivity (Wildman–Crippen MR) is 168 cm³/mol. The summed E-state index contributed by atoms with van der Waals surface area (Å²) in [5, 5.41) is 7.27. The normalized spacial score (nSPS) is 12.5. The SMILES string of the molecule is COCCNC(=O)c1cnc(Nc2cc(N)c(N(C)CCN(C)C)cc2OC)nc1-c1cn2c3c(cccc13)CCC2. The molecule has 0 atom stereocenters. The van der Waals surface area contributed by atoms with Crippen LogP contribution >= 0.6 is 0 Å². The van der Waals surface area contributed by atoms with Gasteiger partial charge in [0.2, 0.25) is 5.95 Å². The molecule has 4 N–H and O–H groups in total. The Morgan fingerprint density at radius 3 is 2.76 bits per heavy atom. The van der Waals surface area contributed by atoms with Gasteiger partial charge in [0, 0.05) is 69.7 Å². The van der Waals surface area contributed by atoms with Crippen LogP contribution < -0.4 is 26.0 Å². The van der Waals surface area contributed by atoms with Crippen LogP contribution in [-0.4, -0.2) is 86.9 Å². The van der Waals surface area contributed by atoms with Crippen LogP contribution in [0, 0.1) is 0 Å². The zero-order valence-electron chi connectivity index (χ0n) is 25.0. The Labute approximate surface area is 246 Å². The summed E-state index contributed by atoms with van der Waals surface area (Å²) in [7, 11) is 9.31. The highest BCUT2D eigenvalue weighted by atomic mass is 16.5. The molecule has 3 heterocycles. The molecule has 0 aliphatic carbocycles. The van der Waals surface area contributed by atoms with Gasteiger partial charge in [-0.05, 0) is 38.6 Å². The second kappa shape index (κ2) is 12.7. The number of likely N-dealkylation sites (N-methyl/N-ethyl adjacent to an activating group) is 2. The number of nitrogens with zero attached hydrogens (tertiary/aromatic N) is 5. The lowest BCUT2D eigenvalue weighted by atomic mass is 10.0. The summed E-state index contributed by atoms with van der Waals surface area (Å²) in [6.07, 6.45) is 5.77. The van der Waals surface area contributed by atoms with Crippen LogP contribution in [0.1, 0.15) is 22.3 Å². The molecular weight excluding hydrogens is 532 g/mol. The second-order valence-corrected chi connectivity index (χ2v) is 10.8. The fraction of sp³-hybridized carbons (Fsp3) is 0.387. The zero-order valence-corrected chi connectivity index (χ0v) is 25.0. The topological polar surface area (TPSA) is 123 Å². The number of carbonyl (C=O) groups is 1. The Kier molecular flexibility index (Phi) is 8.79. The quantitative estimate of drug-likeness (QED) is 0.172. The molecule has 0 saturated carbocycles. The van der Waals surface area contributed by atoms with Crippen molar-refractivity contribution in [1.82, 2.24) is 24.8 Å². The monoisotopic (exact) mass is 572 g/mol. The highest BCUT2D eigenvalue weighted by molar-refractivity contribution is 6.05. The first-order valence-corrected chi connectivity index (χ1v) is 14.2. The van der Waals surface area contributed by atoms with E-state index in [0.717, 1.165) is 49.1 Å². The molecule has 2 aromatic carbocycles. The largest absolute Gasteiger partial charge is 0.494 e. The lowest BCUT2D eigenvalue weighted by molar-refractivity contribution is 0.0937. The lowest BCUT2D eigenvalue weighted by Crippen LogP contribution is -2.29. The van der Waals surface area contributed by atoms with E-state index in [1.165, 1.54) is 11.1 Å². The van der Waals surface area contributed by atoms with Gasteiger partial charge >= 0.3 is 0 Å². The van der Waals surface area contributed by atoms with Gasteiger partial charge in [0.15, 0.2) is 0 Å². The number of hydrogen-bond acceptors (Lipinski definition) is 9. The number of carbonyl (C=O) groups excluding carboxylic acids is 1. The van der Waals surface area contributed by atoms with Crippen molar-refractivity contribution in [2.75, 3.05) is 77.6 Å². The Morgan fingerprint density at radius 2 is 2.00 bits per heavy atom. The molecule has 1 aliphatic heterocycles. The molecule has 1 amide bonds. The van der Waals surface area contributed by atoms with Crippen molar-refractivity contribution in [3.63, 3.8) is 0 Å². The number of methoxy groups -OCH3 is 2. The molecule has 222 valence electrons. The third kappa shape index (κ3) is 5.97. The van der Waals surface area contributed by atoms with Crippen molar-refractivity contribution in [2.24, 2.45) is 0 Å². The van der Waals surface area contributed by atoms with Crippen LogP contribution in [0.5, 0.6) is 5.75 Å². The number of aromatic nitrogens is 3. The maximum absolute atomic E-state index is 13.3. The number of ether oxygens (including phenoxy) is 2. The van der Waals surface area contributed by atoms with E-state index in [1.807, 2.05) is 33.3 Å². The average Bonchev–Trinajstić information content (AvgIpc) is 3.36. The third-order valence-electron chi connectivity index (χ3n) is 7.60. The molecule has 4 aromatic rings. The summed E-state index contributed by atoms with van der Waals surface area (Å²) < 4.78 is 13.1. The van der Waals surface area contributed by atoms with Crippen molar-refractivity contribution in [1.29, 1.82) is 0 Å². The molecule has 11 nitrogen and oxygen atoms in total. The molecule has 0 saturated heterocycles. The van der Waals surface area contributed by atoms with E-state index >= 15 is 0 Å². The van der Waals surface area contributed by atoms with Gasteiger partial charge < -0.3 is 40.2 Å². The van der Waals surface area contributed by atoms with Gasteiger partial charge in [-0.15, -0.1) is 0 Å². The Hall–Kier alpha value is -4.35. The minimum Gasteiger partial charge on any atom is -0.494 e. The van der Waals surface area contributed by atoms with E-state index in [0.29, 0.717) is 47.5 Å². The number of aryl methyl sites for hydroxylation is 2. The fourth-order valence-corrected chi connectivity index (χ4v) is 5.39. The first kappa shape index (κ1) is 29.2. The molecule has 0 radical (unpaired) electrons. The fourth-order valence-electron chi connectivity index (χ4n) is 5.39.